The van der Waals surface area contributed by atoms with Crippen LogP contribution in [0.25, 0.3) is 0 Å². The molecule has 8 heavy (non-hydrogen) atoms. The summed E-state index contributed by atoms with van der Waals surface area (Å²) in [5, 5.41) is 0. The predicted octanol–water partition coefficient (Wildman–Crippen LogP) is 1.02. The molecule has 0 aliphatic carbocycles. The van der Waals surface area contributed by atoms with Crippen LogP contribution in [0.3, 0.4) is 0 Å². The third kappa shape index (κ3) is 1.20. The highest BCUT2D eigenvalue weighted by atomic mass is 16.7. The summed E-state index contributed by atoms with van der Waals surface area (Å²) < 4.78 is 10.2. The Morgan fingerprint density at radius 3 is 2.50 bits per heavy atom. The second kappa shape index (κ2) is 2.46. The van der Waals surface area contributed by atoms with Gasteiger partial charge in [0.25, 0.3) is 0 Å². The highest BCUT2D eigenvalue weighted by Crippen LogP contribution is 2.11. The van der Waals surface area contributed by atoms with Crippen LogP contribution >= 0.6 is 0 Å². The van der Waals surface area contributed by atoms with Gasteiger partial charge in [-0.05, 0) is 6.92 Å². The molecule has 48 valence electrons. The fourth-order valence-corrected chi connectivity index (χ4v) is 0.689. The summed E-state index contributed by atoms with van der Waals surface area (Å²) in [4.78, 5) is 0. The molecule has 1 unspecified atom stereocenters. The number of hydrogen-bond donors (Lipinski definition) is 0. The summed E-state index contributed by atoms with van der Waals surface area (Å²) >= 11 is 0. The van der Waals surface area contributed by atoms with Crippen LogP contribution in [0.4, 0.5) is 0 Å². The largest absolute Gasteiger partial charge is 0.355 e. The van der Waals surface area contributed by atoms with Gasteiger partial charge in [0.1, 0.15) is 6.79 Å². The second-order valence-electron chi connectivity index (χ2n) is 2.34. The van der Waals surface area contributed by atoms with Crippen molar-refractivity contribution in [2.45, 2.75) is 20.0 Å². The van der Waals surface area contributed by atoms with Crippen LogP contribution in [0, 0.1) is 5.92 Å². The van der Waals surface area contributed by atoms with Gasteiger partial charge in [-0.25, -0.2) is 0 Å². The third-order valence-electron chi connectivity index (χ3n) is 1.60. The van der Waals surface area contributed by atoms with Gasteiger partial charge in [-0.2, -0.15) is 0 Å². The molecule has 1 fully saturated rings. The normalized spacial score (nSPS) is 39.8. The summed E-state index contributed by atoms with van der Waals surface area (Å²) in [6, 6.07) is 0. The van der Waals surface area contributed by atoms with Crippen LogP contribution < -0.4 is 0 Å². The molecule has 0 spiro atoms. The molecule has 2 atom stereocenters. The number of rotatable bonds is 0. The van der Waals surface area contributed by atoms with Crippen molar-refractivity contribution in [1.29, 1.82) is 0 Å². The Kier molecular flexibility index (Phi) is 1.86. The van der Waals surface area contributed by atoms with Crippen LogP contribution in [0.5, 0.6) is 0 Å². The molecule has 0 saturated carbocycles. The van der Waals surface area contributed by atoms with E-state index >= 15 is 0 Å². The van der Waals surface area contributed by atoms with Gasteiger partial charge < -0.3 is 9.47 Å². The Morgan fingerprint density at radius 1 is 1.38 bits per heavy atom. The van der Waals surface area contributed by atoms with E-state index in [0.29, 0.717) is 18.8 Å². The molecule has 0 aromatic rings. The zero-order valence-electron chi connectivity index (χ0n) is 5.39. The molecule has 0 aromatic heterocycles. The standard InChI is InChI=1S/C6H12O2/c1-5-3-7-4-8-6(5)2/h5-6H,3-4H2,1-2H3/t5-,6?/m1/s1. The number of ether oxygens (including phenoxy) is 2. The Balaban J connectivity index is 2.28. The fraction of sp³-hybridized carbons (Fsp3) is 1.00. The molecule has 1 aliphatic rings. The molecule has 0 bridgehead atoms. The van der Waals surface area contributed by atoms with Crippen molar-refractivity contribution in [3.63, 3.8) is 0 Å². The predicted molar refractivity (Wildman–Crippen MR) is 30.5 cm³/mol. The average molecular weight is 116 g/mol. The highest BCUT2D eigenvalue weighted by Gasteiger charge is 2.16. The quantitative estimate of drug-likeness (QED) is 0.470. The smallest absolute Gasteiger partial charge is 0.147 e. The van der Waals surface area contributed by atoms with E-state index in [1.54, 1.807) is 0 Å². The SMILES string of the molecule is CC1OCOC[C@H]1C. The van der Waals surface area contributed by atoms with Crippen molar-refractivity contribution in [3.05, 3.63) is 0 Å². The first-order chi connectivity index (χ1) is 3.80. The van der Waals surface area contributed by atoms with Gasteiger partial charge in [0.05, 0.1) is 12.7 Å². The Hall–Kier alpha value is -0.0800. The molecule has 0 aromatic carbocycles. The molecule has 0 amide bonds. The molecular weight excluding hydrogens is 104 g/mol. The van der Waals surface area contributed by atoms with E-state index in [9.17, 15) is 0 Å². The minimum absolute atomic E-state index is 0.378. The van der Waals surface area contributed by atoms with Crippen molar-refractivity contribution in [2.75, 3.05) is 13.4 Å². The molecule has 1 aliphatic heterocycles. The molecule has 1 heterocycles. The van der Waals surface area contributed by atoms with Gasteiger partial charge in [-0.1, -0.05) is 6.92 Å². The first kappa shape index (κ1) is 6.05. The topological polar surface area (TPSA) is 18.5 Å². The molecule has 2 heteroatoms. The molecule has 0 radical (unpaired) electrons. The minimum Gasteiger partial charge on any atom is -0.355 e. The van der Waals surface area contributed by atoms with Crippen LogP contribution in [0.2, 0.25) is 0 Å². The van der Waals surface area contributed by atoms with E-state index in [-0.39, 0.29) is 0 Å². The van der Waals surface area contributed by atoms with E-state index in [1.807, 2.05) is 0 Å². The van der Waals surface area contributed by atoms with E-state index in [1.165, 1.54) is 0 Å². The zero-order chi connectivity index (χ0) is 5.98. The lowest BCUT2D eigenvalue weighted by molar-refractivity contribution is -0.159. The summed E-state index contributed by atoms with van der Waals surface area (Å²) in [5.74, 6) is 0.559. The van der Waals surface area contributed by atoms with Crippen molar-refractivity contribution < 1.29 is 9.47 Å². The maximum absolute atomic E-state index is 5.17. The second-order valence-corrected chi connectivity index (χ2v) is 2.34. The van der Waals surface area contributed by atoms with Gasteiger partial charge >= 0.3 is 0 Å². The minimum atomic E-state index is 0.378. The van der Waals surface area contributed by atoms with Crippen LogP contribution in [-0.2, 0) is 9.47 Å². The molecular formula is C6H12O2. The maximum Gasteiger partial charge on any atom is 0.147 e. The van der Waals surface area contributed by atoms with Crippen LogP contribution in [-0.4, -0.2) is 19.5 Å². The van der Waals surface area contributed by atoms with Crippen LogP contribution in [0.1, 0.15) is 13.8 Å². The molecule has 1 saturated heterocycles. The fourth-order valence-electron chi connectivity index (χ4n) is 0.689. The molecule has 0 N–H and O–H groups in total. The number of hydrogen-bond acceptors (Lipinski definition) is 2. The van der Waals surface area contributed by atoms with Crippen molar-refractivity contribution in [2.24, 2.45) is 5.92 Å². The van der Waals surface area contributed by atoms with Gasteiger partial charge in [-0.15, -0.1) is 0 Å². The van der Waals surface area contributed by atoms with E-state index < -0.39 is 0 Å². The van der Waals surface area contributed by atoms with Crippen LogP contribution in [0.15, 0.2) is 0 Å². The summed E-state index contributed by atoms with van der Waals surface area (Å²) in [6.07, 6.45) is 0.378. The lowest BCUT2D eigenvalue weighted by Crippen LogP contribution is -2.29. The van der Waals surface area contributed by atoms with Crippen molar-refractivity contribution in [1.82, 2.24) is 0 Å². The summed E-state index contributed by atoms with van der Waals surface area (Å²) in [5.41, 5.74) is 0. The highest BCUT2D eigenvalue weighted by molar-refractivity contribution is 4.61. The van der Waals surface area contributed by atoms with Crippen molar-refractivity contribution >= 4 is 0 Å². The van der Waals surface area contributed by atoms with Gasteiger partial charge in [0.2, 0.25) is 0 Å². The average Bonchev–Trinajstić information content (AvgIpc) is 1.77. The Bertz CT molecular complexity index is 62.9. The van der Waals surface area contributed by atoms with Gasteiger partial charge in [0.15, 0.2) is 0 Å². The lowest BCUT2D eigenvalue weighted by Gasteiger charge is -2.25. The maximum atomic E-state index is 5.17. The Morgan fingerprint density at radius 2 is 2.12 bits per heavy atom. The lowest BCUT2D eigenvalue weighted by atomic mass is 10.1. The summed E-state index contributed by atoms with van der Waals surface area (Å²) in [6.45, 7) is 5.53. The zero-order valence-corrected chi connectivity index (χ0v) is 5.39. The monoisotopic (exact) mass is 116 g/mol. The van der Waals surface area contributed by atoms with Gasteiger partial charge in [-0.3, -0.25) is 0 Å². The van der Waals surface area contributed by atoms with E-state index in [0.717, 1.165) is 6.61 Å². The first-order valence-corrected chi connectivity index (χ1v) is 3.00. The summed E-state index contributed by atoms with van der Waals surface area (Å²) in [7, 11) is 0. The third-order valence-corrected chi connectivity index (χ3v) is 1.60. The van der Waals surface area contributed by atoms with E-state index in [2.05, 4.69) is 13.8 Å². The van der Waals surface area contributed by atoms with Gasteiger partial charge in [0, 0.05) is 5.92 Å². The van der Waals surface area contributed by atoms with E-state index in [4.69, 9.17) is 9.47 Å². The first-order valence-electron chi connectivity index (χ1n) is 3.00. The molecule has 1 rings (SSSR count). The Labute approximate surface area is 49.8 Å². The van der Waals surface area contributed by atoms with Crippen molar-refractivity contribution in [3.8, 4) is 0 Å². The molecule has 2 nitrogen and oxygen atoms in total.